The van der Waals surface area contributed by atoms with Crippen LogP contribution in [0.3, 0.4) is 0 Å². The average Bonchev–Trinajstić information content (AvgIpc) is 3.06. The first-order valence-corrected chi connectivity index (χ1v) is 17.1. The Labute approximate surface area is 300 Å². The SMILES string of the molecule is C=CCN(CC=C)[C@@H](Cc1ccc(O)cc1)C(=O)N[C@H](CC(C)C)C(=O)NCC(=O)N[C@@H](Cc1ccc(O)cc1)C(=O)N[C@@H](CC(C)C)C(=O)O. The van der Waals surface area contributed by atoms with Gasteiger partial charge in [-0.05, 0) is 66.5 Å². The number of phenolic OH excluding ortho intramolecular Hbond substituents is 2. The molecule has 0 aliphatic carbocycles. The van der Waals surface area contributed by atoms with Crippen molar-refractivity contribution >= 4 is 29.6 Å². The fraction of sp³-hybridized carbons (Fsp3) is 0.447. The number of carbonyl (C=O) groups excluding carboxylic acids is 4. The zero-order chi connectivity index (χ0) is 38.1. The Morgan fingerprint density at radius 1 is 0.667 bits per heavy atom. The van der Waals surface area contributed by atoms with Gasteiger partial charge in [0, 0.05) is 19.5 Å². The van der Waals surface area contributed by atoms with Gasteiger partial charge in [-0.2, -0.15) is 0 Å². The highest BCUT2D eigenvalue weighted by atomic mass is 16.4. The third-order valence-corrected chi connectivity index (χ3v) is 7.95. The van der Waals surface area contributed by atoms with Crippen LogP contribution in [0.4, 0.5) is 0 Å². The number of phenols is 2. The van der Waals surface area contributed by atoms with Crippen molar-refractivity contribution in [3.8, 4) is 11.5 Å². The van der Waals surface area contributed by atoms with E-state index in [1.165, 1.54) is 24.3 Å². The van der Waals surface area contributed by atoms with E-state index in [1.54, 1.807) is 36.4 Å². The Bertz CT molecular complexity index is 1470. The summed E-state index contributed by atoms with van der Waals surface area (Å²) in [7, 11) is 0. The van der Waals surface area contributed by atoms with E-state index in [4.69, 9.17) is 0 Å². The summed E-state index contributed by atoms with van der Waals surface area (Å²) in [5, 5.41) is 39.6. The van der Waals surface area contributed by atoms with Crippen molar-refractivity contribution in [3.63, 3.8) is 0 Å². The number of rotatable bonds is 22. The number of hydrogen-bond donors (Lipinski definition) is 7. The van der Waals surface area contributed by atoms with Gasteiger partial charge in [0.1, 0.15) is 29.6 Å². The second kappa shape index (κ2) is 21.1. The van der Waals surface area contributed by atoms with Crippen molar-refractivity contribution in [1.82, 2.24) is 26.2 Å². The second-order valence-electron chi connectivity index (χ2n) is 13.3. The Kier molecular flexibility index (Phi) is 17.4. The minimum absolute atomic E-state index is 0.00529. The lowest BCUT2D eigenvalue weighted by molar-refractivity contribution is -0.142. The number of nitrogens with zero attached hydrogens (tertiary/aromatic N) is 1. The van der Waals surface area contributed by atoms with Crippen molar-refractivity contribution in [1.29, 1.82) is 0 Å². The minimum atomic E-state index is -1.21. The summed E-state index contributed by atoms with van der Waals surface area (Å²) in [6.45, 7) is 15.2. The highest BCUT2D eigenvalue weighted by Crippen LogP contribution is 2.16. The third-order valence-electron chi connectivity index (χ3n) is 7.95. The van der Waals surface area contributed by atoms with Gasteiger partial charge < -0.3 is 36.6 Å². The molecule has 4 atom stereocenters. The standard InChI is InChI=1S/C38H53N5O8/c1-7-17-43(18-8-2)33(22-27-11-15-29(45)16-12-27)37(49)41-30(19-24(3)4)35(47)39-23-34(46)40-31(21-26-9-13-28(44)14-10-26)36(48)42-32(38(50)51)20-25(5)6/h7-16,24-25,30-33,44-45H,1-2,17-23H2,3-6H3,(H,39,47)(H,40,46)(H,41,49)(H,42,48)(H,50,51)/t30-,31+,32+,33+/m1/s1. The molecule has 4 amide bonds. The van der Waals surface area contributed by atoms with E-state index in [2.05, 4.69) is 34.4 Å². The molecule has 0 unspecified atom stereocenters. The highest BCUT2D eigenvalue weighted by Gasteiger charge is 2.31. The van der Waals surface area contributed by atoms with E-state index in [0.29, 0.717) is 18.7 Å². The summed E-state index contributed by atoms with van der Waals surface area (Å²) in [5.74, 6) is -3.58. The highest BCUT2D eigenvalue weighted by molar-refractivity contribution is 5.94. The lowest BCUT2D eigenvalue weighted by atomic mass is 10.00. The number of benzene rings is 2. The summed E-state index contributed by atoms with van der Waals surface area (Å²) >= 11 is 0. The van der Waals surface area contributed by atoms with Gasteiger partial charge in [-0.1, -0.05) is 64.1 Å². The fourth-order valence-corrected chi connectivity index (χ4v) is 5.45. The van der Waals surface area contributed by atoms with Gasteiger partial charge in [0.15, 0.2) is 0 Å². The maximum Gasteiger partial charge on any atom is 0.326 e. The first kappa shape index (κ1) is 42.0. The second-order valence-corrected chi connectivity index (χ2v) is 13.3. The van der Waals surface area contributed by atoms with E-state index in [0.717, 1.165) is 5.56 Å². The summed E-state index contributed by atoms with van der Waals surface area (Å²) in [6, 6.07) is 8.42. The van der Waals surface area contributed by atoms with Crippen LogP contribution in [-0.2, 0) is 36.8 Å². The van der Waals surface area contributed by atoms with E-state index < -0.39 is 60.3 Å². The molecule has 0 spiro atoms. The quantitative estimate of drug-likeness (QED) is 0.0900. The molecule has 0 fully saturated rings. The maximum atomic E-state index is 13.8. The largest absolute Gasteiger partial charge is 0.508 e. The van der Waals surface area contributed by atoms with Crippen molar-refractivity contribution in [2.24, 2.45) is 11.8 Å². The molecule has 0 saturated carbocycles. The number of nitrogens with one attached hydrogen (secondary N) is 4. The van der Waals surface area contributed by atoms with Crippen LogP contribution in [-0.4, -0.2) is 93.6 Å². The Balaban J connectivity index is 2.22. The van der Waals surface area contributed by atoms with Gasteiger partial charge in [0.25, 0.3) is 0 Å². The van der Waals surface area contributed by atoms with Gasteiger partial charge in [0.05, 0.1) is 12.6 Å². The molecule has 0 aliphatic heterocycles. The summed E-state index contributed by atoms with van der Waals surface area (Å²) in [6.07, 6.45) is 4.04. The van der Waals surface area contributed by atoms with E-state index in [9.17, 15) is 39.3 Å². The fourth-order valence-electron chi connectivity index (χ4n) is 5.45. The molecular formula is C38H53N5O8. The Morgan fingerprint density at radius 2 is 1.14 bits per heavy atom. The molecule has 13 heteroatoms. The smallest absolute Gasteiger partial charge is 0.326 e. The van der Waals surface area contributed by atoms with E-state index in [1.807, 2.05) is 32.6 Å². The van der Waals surface area contributed by atoms with E-state index >= 15 is 0 Å². The van der Waals surface area contributed by atoms with Crippen LogP contribution in [0.25, 0.3) is 0 Å². The number of aromatic hydroxyl groups is 2. The zero-order valence-electron chi connectivity index (χ0n) is 29.9. The molecule has 278 valence electrons. The summed E-state index contributed by atoms with van der Waals surface area (Å²) in [4.78, 5) is 67.4. The number of amides is 4. The molecule has 0 saturated heterocycles. The summed E-state index contributed by atoms with van der Waals surface area (Å²) in [5.41, 5.74) is 1.38. The van der Waals surface area contributed by atoms with Crippen LogP contribution in [0.5, 0.6) is 11.5 Å². The lowest BCUT2D eigenvalue weighted by Crippen LogP contribution is -2.56. The molecule has 0 radical (unpaired) electrons. The van der Waals surface area contributed by atoms with Gasteiger partial charge in [-0.3, -0.25) is 24.1 Å². The van der Waals surface area contributed by atoms with Crippen molar-refractivity contribution in [3.05, 3.63) is 85.0 Å². The van der Waals surface area contributed by atoms with Crippen LogP contribution < -0.4 is 21.3 Å². The topological polar surface area (TPSA) is 197 Å². The Morgan fingerprint density at radius 3 is 1.61 bits per heavy atom. The third kappa shape index (κ3) is 15.1. The predicted octanol–water partition coefficient (Wildman–Crippen LogP) is 2.67. The number of carbonyl (C=O) groups is 5. The molecule has 7 N–H and O–H groups in total. The molecule has 0 bridgehead atoms. The molecular weight excluding hydrogens is 654 g/mol. The molecule has 0 heterocycles. The number of carboxylic acid groups (broad SMARTS) is 1. The van der Waals surface area contributed by atoms with Crippen molar-refractivity contribution in [2.75, 3.05) is 19.6 Å². The lowest BCUT2D eigenvalue weighted by Gasteiger charge is -2.31. The zero-order valence-corrected chi connectivity index (χ0v) is 29.9. The van der Waals surface area contributed by atoms with E-state index in [-0.39, 0.29) is 49.0 Å². The Hall–Kier alpha value is -5.17. The number of aliphatic carboxylic acids is 1. The molecule has 2 aromatic rings. The molecule has 0 aromatic heterocycles. The van der Waals surface area contributed by atoms with Crippen molar-refractivity contribution in [2.45, 2.75) is 77.5 Å². The molecule has 13 nitrogen and oxygen atoms in total. The monoisotopic (exact) mass is 707 g/mol. The van der Waals surface area contributed by atoms with Crippen LogP contribution in [0.15, 0.2) is 73.8 Å². The van der Waals surface area contributed by atoms with Gasteiger partial charge >= 0.3 is 5.97 Å². The molecule has 2 aromatic carbocycles. The maximum absolute atomic E-state index is 13.8. The molecule has 51 heavy (non-hydrogen) atoms. The predicted molar refractivity (Wildman–Crippen MR) is 195 cm³/mol. The normalized spacial score (nSPS) is 13.5. The van der Waals surface area contributed by atoms with Crippen LogP contribution >= 0.6 is 0 Å². The number of hydrogen-bond acceptors (Lipinski definition) is 8. The first-order chi connectivity index (χ1) is 24.1. The van der Waals surface area contributed by atoms with Gasteiger partial charge in [-0.25, -0.2) is 4.79 Å². The molecule has 0 aliphatic rings. The van der Waals surface area contributed by atoms with Crippen LogP contribution in [0.2, 0.25) is 0 Å². The van der Waals surface area contributed by atoms with Crippen LogP contribution in [0, 0.1) is 11.8 Å². The molecule has 2 rings (SSSR count). The summed E-state index contributed by atoms with van der Waals surface area (Å²) < 4.78 is 0. The van der Waals surface area contributed by atoms with Gasteiger partial charge in [0.2, 0.25) is 23.6 Å². The first-order valence-electron chi connectivity index (χ1n) is 17.1. The van der Waals surface area contributed by atoms with Crippen LogP contribution in [0.1, 0.15) is 51.7 Å². The van der Waals surface area contributed by atoms with Gasteiger partial charge in [-0.15, -0.1) is 13.2 Å². The average molecular weight is 708 g/mol. The minimum Gasteiger partial charge on any atom is -0.508 e. The number of carboxylic acids is 1. The van der Waals surface area contributed by atoms with Crippen molar-refractivity contribution < 1.29 is 39.3 Å².